The fraction of sp³-hybridized carbons (Fsp3) is 0.476. The van der Waals surface area contributed by atoms with Crippen molar-refractivity contribution in [2.45, 2.75) is 56.4 Å². The van der Waals surface area contributed by atoms with Crippen molar-refractivity contribution < 1.29 is 23.1 Å². The standard InChI is InChI=1S/C21H22F3N5O2/c22-21(23,24)15-9-25-20(28-19(15)26-11-2-1-3-11)27-12-4-5-13-14(8-12)17-7-6-16(13)29(17)18(31)10-30/h4-5,8-9,11,16-17,30H,1-3,6-7,10H2,(H2,25,26,27,28)/t16-,17+/m1/s1. The van der Waals surface area contributed by atoms with E-state index in [2.05, 4.69) is 20.6 Å². The Hall–Kier alpha value is -2.88. The molecule has 1 amide bonds. The number of benzene rings is 1. The van der Waals surface area contributed by atoms with Crippen molar-refractivity contribution in [1.29, 1.82) is 0 Å². The zero-order valence-corrected chi connectivity index (χ0v) is 16.6. The van der Waals surface area contributed by atoms with Crippen molar-refractivity contribution >= 4 is 23.4 Å². The molecule has 2 fully saturated rings. The number of aromatic nitrogens is 2. The summed E-state index contributed by atoms with van der Waals surface area (Å²) in [5.74, 6) is -0.438. The molecule has 0 radical (unpaired) electrons. The van der Waals surface area contributed by atoms with Crippen LogP contribution in [0.25, 0.3) is 0 Å². The highest BCUT2D eigenvalue weighted by Crippen LogP contribution is 2.53. The van der Waals surface area contributed by atoms with Crippen molar-refractivity contribution in [3.8, 4) is 0 Å². The quantitative estimate of drug-likeness (QED) is 0.662. The van der Waals surface area contributed by atoms with Crippen molar-refractivity contribution in [3.63, 3.8) is 0 Å². The molecule has 1 saturated carbocycles. The Morgan fingerprint density at radius 2 is 1.90 bits per heavy atom. The first-order valence-corrected chi connectivity index (χ1v) is 10.4. The van der Waals surface area contributed by atoms with Crippen LogP contribution in [0.1, 0.15) is 60.9 Å². The number of rotatable bonds is 5. The van der Waals surface area contributed by atoms with E-state index in [0.717, 1.165) is 49.4 Å². The number of nitrogens with one attached hydrogen (secondary N) is 2. The van der Waals surface area contributed by atoms with Gasteiger partial charge in [-0.2, -0.15) is 18.2 Å². The second-order valence-corrected chi connectivity index (χ2v) is 8.26. The molecule has 31 heavy (non-hydrogen) atoms. The molecule has 164 valence electrons. The molecule has 0 unspecified atom stereocenters. The molecule has 7 nitrogen and oxygen atoms in total. The molecule has 10 heteroatoms. The normalized spacial score (nSPS) is 22.3. The second kappa shape index (κ2) is 7.37. The van der Waals surface area contributed by atoms with E-state index in [9.17, 15) is 23.1 Å². The lowest BCUT2D eigenvalue weighted by molar-refractivity contribution is -0.137. The molecule has 1 saturated heterocycles. The molecule has 3 heterocycles. The minimum absolute atomic E-state index is 0.00515. The minimum atomic E-state index is -4.54. The van der Waals surface area contributed by atoms with Crippen molar-refractivity contribution in [2.75, 3.05) is 17.2 Å². The average Bonchev–Trinajstić information content (AvgIpc) is 3.26. The van der Waals surface area contributed by atoms with Crippen LogP contribution >= 0.6 is 0 Å². The summed E-state index contributed by atoms with van der Waals surface area (Å²) in [5, 5.41) is 15.2. The lowest BCUT2D eigenvalue weighted by Gasteiger charge is -2.28. The number of carbonyl (C=O) groups excluding carboxylic acids is 1. The van der Waals surface area contributed by atoms with Crippen LogP contribution < -0.4 is 10.6 Å². The van der Waals surface area contributed by atoms with Gasteiger partial charge >= 0.3 is 6.18 Å². The van der Waals surface area contributed by atoms with E-state index in [1.54, 1.807) is 11.0 Å². The lowest BCUT2D eigenvalue weighted by Crippen LogP contribution is -2.30. The van der Waals surface area contributed by atoms with E-state index in [-0.39, 0.29) is 35.8 Å². The van der Waals surface area contributed by atoms with Crippen LogP contribution in [0, 0.1) is 0 Å². The molecule has 2 bridgehead atoms. The Balaban J connectivity index is 1.41. The molecule has 3 aliphatic rings. The van der Waals surface area contributed by atoms with Gasteiger partial charge in [0.25, 0.3) is 0 Å². The van der Waals surface area contributed by atoms with E-state index in [4.69, 9.17) is 0 Å². The Morgan fingerprint density at radius 1 is 1.16 bits per heavy atom. The number of alkyl halides is 3. The maximum Gasteiger partial charge on any atom is 0.421 e. The first kappa shape index (κ1) is 20.0. The predicted molar refractivity (Wildman–Crippen MR) is 107 cm³/mol. The SMILES string of the molecule is O=C(CO)N1[C@@H]2CC[C@H]1c1cc(Nc3ncc(C(F)(F)F)c(NC4CCC4)n3)ccc12. The zero-order chi connectivity index (χ0) is 21.8. The van der Waals surface area contributed by atoms with Gasteiger partial charge in [-0.25, -0.2) is 4.98 Å². The van der Waals surface area contributed by atoms with Gasteiger partial charge < -0.3 is 20.6 Å². The number of hydrogen-bond donors (Lipinski definition) is 3. The number of aliphatic hydroxyl groups is 1. The molecular formula is C21H22F3N5O2. The molecule has 1 aromatic heterocycles. The smallest absolute Gasteiger partial charge is 0.387 e. The van der Waals surface area contributed by atoms with Crippen LogP contribution in [0.3, 0.4) is 0 Å². The third kappa shape index (κ3) is 3.48. The third-order valence-electron chi connectivity index (χ3n) is 6.41. The number of fused-ring (bicyclic) bond motifs is 5. The van der Waals surface area contributed by atoms with Crippen LogP contribution in [0.4, 0.5) is 30.6 Å². The summed E-state index contributed by atoms with van der Waals surface area (Å²) in [6.45, 7) is -0.526. The Morgan fingerprint density at radius 3 is 2.55 bits per heavy atom. The summed E-state index contributed by atoms with van der Waals surface area (Å²) >= 11 is 0. The summed E-state index contributed by atoms with van der Waals surface area (Å²) in [6.07, 6.45) is 0.560. The minimum Gasteiger partial charge on any atom is -0.387 e. The van der Waals surface area contributed by atoms with E-state index in [1.165, 1.54) is 0 Å². The zero-order valence-electron chi connectivity index (χ0n) is 16.6. The highest BCUT2D eigenvalue weighted by Gasteiger charge is 2.46. The number of amides is 1. The topological polar surface area (TPSA) is 90.4 Å². The van der Waals surface area contributed by atoms with E-state index in [0.29, 0.717) is 5.69 Å². The maximum atomic E-state index is 13.4. The third-order valence-corrected chi connectivity index (χ3v) is 6.41. The Kier molecular flexibility index (Phi) is 4.76. The molecule has 2 aromatic rings. The number of anilines is 3. The first-order valence-electron chi connectivity index (χ1n) is 10.4. The Labute approximate surface area is 176 Å². The summed E-state index contributed by atoms with van der Waals surface area (Å²) < 4.78 is 40.1. The summed E-state index contributed by atoms with van der Waals surface area (Å²) in [5.41, 5.74) is 1.79. The predicted octanol–water partition coefficient (Wildman–Crippen LogP) is 3.91. The highest BCUT2D eigenvalue weighted by atomic mass is 19.4. The molecular weight excluding hydrogens is 411 g/mol. The fourth-order valence-electron chi connectivity index (χ4n) is 4.73. The van der Waals surface area contributed by atoms with Gasteiger partial charge in [0.2, 0.25) is 11.9 Å². The molecule has 0 spiro atoms. The van der Waals surface area contributed by atoms with Crippen molar-refractivity contribution in [1.82, 2.24) is 14.9 Å². The number of halogens is 3. The van der Waals surface area contributed by atoms with Crippen molar-refractivity contribution in [2.24, 2.45) is 0 Å². The number of carbonyl (C=O) groups is 1. The number of aliphatic hydroxyl groups excluding tert-OH is 1. The van der Waals surface area contributed by atoms with Gasteiger partial charge in [0.1, 0.15) is 18.0 Å². The van der Waals surface area contributed by atoms with Gasteiger partial charge in [0, 0.05) is 17.9 Å². The van der Waals surface area contributed by atoms with Gasteiger partial charge in [-0.05, 0) is 55.4 Å². The van der Waals surface area contributed by atoms with Crippen LogP contribution in [-0.2, 0) is 11.0 Å². The second-order valence-electron chi connectivity index (χ2n) is 8.26. The van der Waals surface area contributed by atoms with Gasteiger partial charge in [-0.15, -0.1) is 0 Å². The van der Waals surface area contributed by atoms with Crippen LogP contribution in [0.5, 0.6) is 0 Å². The van der Waals surface area contributed by atoms with E-state index < -0.39 is 18.3 Å². The summed E-state index contributed by atoms with van der Waals surface area (Å²) in [7, 11) is 0. The van der Waals surface area contributed by atoms with Crippen molar-refractivity contribution in [3.05, 3.63) is 41.1 Å². The first-order chi connectivity index (χ1) is 14.8. The van der Waals surface area contributed by atoms with Gasteiger partial charge in [0.15, 0.2) is 0 Å². The molecule has 1 aliphatic carbocycles. The van der Waals surface area contributed by atoms with Crippen LogP contribution in [-0.4, -0.2) is 38.5 Å². The number of hydrogen-bond acceptors (Lipinski definition) is 6. The maximum absolute atomic E-state index is 13.4. The van der Waals surface area contributed by atoms with Gasteiger partial charge in [0.05, 0.1) is 12.1 Å². The van der Waals surface area contributed by atoms with E-state index in [1.807, 2.05) is 12.1 Å². The monoisotopic (exact) mass is 433 g/mol. The molecule has 2 atom stereocenters. The Bertz CT molecular complexity index is 1020. The molecule has 1 aromatic carbocycles. The molecule has 5 rings (SSSR count). The highest BCUT2D eigenvalue weighted by molar-refractivity contribution is 5.80. The van der Waals surface area contributed by atoms with Crippen LogP contribution in [0.15, 0.2) is 24.4 Å². The van der Waals surface area contributed by atoms with Gasteiger partial charge in [-0.1, -0.05) is 6.07 Å². The summed E-state index contributed by atoms with van der Waals surface area (Å²) in [4.78, 5) is 21.8. The average molecular weight is 433 g/mol. The lowest BCUT2D eigenvalue weighted by atomic mass is 9.91. The summed E-state index contributed by atoms with van der Waals surface area (Å²) in [6, 6.07) is 5.48. The number of nitrogens with zero attached hydrogens (tertiary/aromatic N) is 3. The molecule has 3 N–H and O–H groups in total. The van der Waals surface area contributed by atoms with Gasteiger partial charge in [-0.3, -0.25) is 4.79 Å². The fourth-order valence-corrected chi connectivity index (χ4v) is 4.73. The van der Waals surface area contributed by atoms with Crippen LogP contribution in [0.2, 0.25) is 0 Å². The molecule has 2 aliphatic heterocycles. The van der Waals surface area contributed by atoms with E-state index >= 15 is 0 Å². The largest absolute Gasteiger partial charge is 0.421 e.